The van der Waals surface area contributed by atoms with Gasteiger partial charge in [-0.25, -0.2) is 0 Å². The fourth-order valence-electron chi connectivity index (χ4n) is 4.45. The van der Waals surface area contributed by atoms with Crippen LogP contribution in [0.1, 0.15) is 36.9 Å². The summed E-state index contributed by atoms with van der Waals surface area (Å²) in [5.41, 5.74) is 3.58. The summed E-state index contributed by atoms with van der Waals surface area (Å²) < 4.78 is 28.3. The van der Waals surface area contributed by atoms with Crippen molar-refractivity contribution in [2.45, 2.75) is 38.3 Å². The van der Waals surface area contributed by atoms with Crippen LogP contribution in [0.15, 0.2) is 29.1 Å². The average molecular weight is 442 g/mol. The Bertz CT molecular complexity index is 1050. The number of hydrogen-bond acceptors (Lipinski definition) is 7. The highest BCUT2D eigenvalue weighted by molar-refractivity contribution is 5.82. The molecule has 4 rings (SSSR count). The number of ether oxygens (including phenoxy) is 5. The average Bonchev–Trinajstić information content (AvgIpc) is 3.55. The molecule has 0 spiro atoms. The number of hydrogen-bond donors (Lipinski definition) is 1. The molecule has 0 heterocycles. The number of aryl methyl sites for hydroxylation is 1. The number of methoxy groups -OCH3 is 4. The third-order valence-corrected chi connectivity index (χ3v) is 6.38. The van der Waals surface area contributed by atoms with Gasteiger partial charge in [-0.15, -0.1) is 0 Å². The molecule has 7 nitrogen and oxygen atoms in total. The molecule has 1 fully saturated rings. The minimum Gasteiger partial charge on any atom is -0.493 e. The summed E-state index contributed by atoms with van der Waals surface area (Å²) in [7, 11) is 6.33. The minimum absolute atomic E-state index is 0.0713. The predicted molar refractivity (Wildman–Crippen MR) is 122 cm³/mol. The lowest BCUT2D eigenvalue weighted by atomic mass is 9.95. The van der Waals surface area contributed by atoms with Crippen molar-refractivity contribution in [2.24, 2.45) is 5.92 Å². The van der Waals surface area contributed by atoms with Gasteiger partial charge in [0.1, 0.15) is 0 Å². The second-order valence-electron chi connectivity index (χ2n) is 8.32. The Morgan fingerprint density at radius 2 is 1.69 bits per heavy atom. The summed E-state index contributed by atoms with van der Waals surface area (Å²) in [6, 6.07) is 7.22. The maximum atomic E-state index is 12.8. The second kappa shape index (κ2) is 9.38. The highest BCUT2D eigenvalue weighted by Crippen LogP contribution is 2.50. The van der Waals surface area contributed by atoms with Crippen molar-refractivity contribution in [2.75, 3.05) is 35.2 Å². The standard InChI is InChI=1S/C25H31NO6/c1-14-10-21(14)32-13-26-18-8-6-15-11-22(29-3)24(30-4)25(31-5)23(15)16-7-9-20(28-2)19(27)12-17(16)18/h7,9,11-12,14,18,21,26H,6,8,10,13H2,1-5H3/t14?,18-,21?/m1/s1. The first kappa shape index (κ1) is 22.4. The predicted octanol–water partition coefficient (Wildman–Crippen LogP) is 3.71. The smallest absolute Gasteiger partial charge is 0.220 e. The lowest BCUT2D eigenvalue weighted by Gasteiger charge is -2.20. The Balaban J connectivity index is 1.86. The number of fused-ring (bicyclic) bond motifs is 3. The summed E-state index contributed by atoms with van der Waals surface area (Å²) in [4.78, 5) is 12.8. The summed E-state index contributed by atoms with van der Waals surface area (Å²) in [6.07, 6.45) is 2.98. The van der Waals surface area contributed by atoms with Crippen LogP contribution in [0.4, 0.5) is 0 Å². The van der Waals surface area contributed by atoms with Gasteiger partial charge in [0.25, 0.3) is 0 Å². The van der Waals surface area contributed by atoms with Crippen LogP contribution in [0, 0.1) is 5.92 Å². The van der Waals surface area contributed by atoms with E-state index in [0.29, 0.717) is 41.8 Å². The topological polar surface area (TPSA) is 75.2 Å². The highest BCUT2D eigenvalue weighted by Gasteiger charge is 2.34. The van der Waals surface area contributed by atoms with Crippen molar-refractivity contribution in [3.63, 3.8) is 0 Å². The molecule has 172 valence electrons. The van der Waals surface area contributed by atoms with Gasteiger partial charge in [0.15, 0.2) is 17.2 Å². The molecule has 0 bridgehead atoms. The van der Waals surface area contributed by atoms with Gasteiger partial charge < -0.3 is 23.7 Å². The van der Waals surface area contributed by atoms with Crippen LogP contribution in [0.25, 0.3) is 11.1 Å². The maximum absolute atomic E-state index is 12.8. The Labute approximate surface area is 188 Å². The third kappa shape index (κ3) is 4.14. The zero-order valence-electron chi connectivity index (χ0n) is 19.3. The van der Waals surface area contributed by atoms with Crippen molar-refractivity contribution < 1.29 is 23.7 Å². The molecule has 3 atom stereocenters. The summed E-state index contributed by atoms with van der Waals surface area (Å²) in [5.74, 6) is 2.63. The molecule has 7 heteroatoms. The summed E-state index contributed by atoms with van der Waals surface area (Å²) in [5, 5.41) is 3.51. The van der Waals surface area contributed by atoms with E-state index < -0.39 is 0 Å². The van der Waals surface area contributed by atoms with Gasteiger partial charge in [-0.2, -0.15) is 0 Å². The van der Waals surface area contributed by atoms with Gasteiger partial charge in [0.2, 0.25) is 11.2 Å². The lowest BCUT2D eigenvalue weighted by Crippen LogP contribution is -2.25. The van der Waals surface area contributed by atoms with Crippen molar-refractivity contribution in [1.29, 1.82) is 0 Å². The van der Waals surface area contributed by atoms with Crippen LogP contribution >= 0.6 is 0 Å². The van der Waals surface area contributed by atoms with E-state index in [9.17, 15) is 4.79 Å². The molecule has 2 aliphatic carbocycles. The van der Waals surface area contributed by atoms with Crippen LogP contribution in [0.5, 0.6) is 23.0 Å². The van der Waals surface area contributed by atoms with Crippen molar-refractivity contribution in [1.82, 2.24) is 5.32 Å². The Kier molecular flexibility index (Phi) is 6.58. The molecule has 0 amide bonds. The maximum Gasteiger partial charge on any atom is 0.220 e. The monoisotopic (exact) mass is 441 g/mol. The number of benzene rings is 1. The van der Waals surface area contributed by atoms with E-state index >= 15 is 0 Å². The number of nitrogens with one attached hydrogen (secondary N) is 1. The first-order chi connectivity index (χ1) is 15.5. The van der Waals surface area contributed by atoms with E-state index in [1.54, 1.807) is 33.5 Å². The molecule has 2 aromatic carbocycles. The van der Waals surface area contributed by atoms with Crippen LogP contribution in [-0.4, -0.2) is 41.3 Å². The van der Waals surface area contributed by atoms with Crippen LogP contribution in [0.3, 0.4) is 0 Å². The molecule has 2 aromatic rings. The van der Waals surface area contributed by atoms with Gasteiger partial charge >= 0.3 is 0 Å². The largest absolute Gasteiger partial charge is 0.493 e. The first-order valence-corrected chi connectivity index (χ1v) is 10.9. The molecule has 1 N–H and O–H groups in total. The van der Waals surface area contributed by atoms with Crippen molar-refractivity contribution in [3.05, 3.63) is 45.6 Å². The SMILES string of the molecule is COc1cc2c(c(OC)c1OC)-c1ccc(OC)c(=O)cc1[C@H](NCOC1CC1C)CC2. The van der Waals surface area contributed by atoms with Gasteiger partial charge in [-0.3, -0.25) is 10.1 Å². The van der Waals surface area contributed by atoms with Crippen LogP contribution in [0.2, 0.25) is 0 Å². The van der Waals surface area contributed by atoms with Crippen molar-refractivity contribution >= 4 is 0 Å². The van der Waals surface area contributed by atoms with Gasteiger partial charge in [0.05, 0.1) is 41.3 Å². The Hall–Kier alpha value is -2.77. The van der Waals surface area contributed by atoms with E-state index in [4.69, 9.17) is 23.7 Å². The van der Waals surface area contributed by atoms with E-state index in [-0.39, 0.29) is 11.5 Å². The van der Waals surface area contributed by atoms with Crippen LogP contribution in [-0.2, 0) is 11.2 Å². The third-order valence-electron chi connectivity index (χ3n) is 6.38. The quantitative estimate of drug-likeness (QED) is 0.626. The molecular formula is C25H31NO6. The minimum atomic E-state index is -0.167. The highest BCUT2D eigenvalue weighted by atomic mass is 16.5. The fraction of sp³-hybridized carbons (Fsp3) is 0.480. The van der Waals surface area contributed by atoms with E-state index in [2.05, 4.69) is 12.2 Å². The summed E-state index contributed by atoms with van der Waals surface area (Å²) >= 11 is 0. The molecule has 1 saturated carbocycles. The van der Waals surface area contributed by atoms with Gasteiger partial charge in [0, 0.05) is 11.6 Å². The normalized spacial score (nSPS) is 21.1. The van der Waals surface area contributed by atoms with Crippen LogP contribution < -0.4 is 29.7 Å². The first-order valence-electron chi connectivity index (χ1n) is 10.9. The lowest BCUT2D eigenvalue weighted by molar-refractivity contribution is 0.0857. The molecule has 2 unspecified atom stereocenters. The van der Waals surface area contributed by atoms with Gasteiger partial charge in [-0.05, 0) is 60.1 Å². The zero-order valence-corrected chi connectivity index (χ0v) is 19.3. The van der Waals surface area contributed by atoms with Gasteiger partial charge in [-0.1, -0.05) is 13.0 Å². The molecule has 32 heavy (non-hydrogen) atoms. The molecule has 2 aliphatic rings. The van der Waals surface area contributed by atoms with E-state index in [1.165, 1.54) is 7.11 Å². The fourth-order valence-corrected chi connectivity index (χ4v) is 4.45. The van der Waals surface area contributed by atoms with E-state index in [1.807, 2.05) is 12.1 Å². The summed E-state index contributed by atoms with van der Waals surface area (Å²) in [6.45, 7) is 2.62. The second-order valence-corrected chi connectivity index (χ2v) is 8.32. The molecule has 0 saturated heterocycles. The Morgan fingerprint density at radius 1 is 0.969 bits per heavy atom. The molecule has 0 radical (unpaired) electrons. The molecular weight excluding hydrogens is 410 g/mol. The van der Waals surface area contributed by atoms with E-state index in [0.717, 1.165) is 41.5 Å². The molecule has 0 aromatic heterocycles. The van der Waals surface area contributed by atoms with Crippen molar-refractivity contribution in [3.8, 4) is 34.1 Å². The number of rotatable bonds is 8. The Morgan fingerprint density at radius 3 is 2.31 bits per heavy atom. The molecule has 0 aliphatic heterocycles. The zero-order chi connectivity index (χ0) is 22.8.